The van der Waals surface area contributed by atoms with Crippen molar-refractivity contribution in [2.45, 2.75) is 486 Å². The maximum absolute atomic E-state index is 15.0. The van der Waals surface area contributed by atoms with E-state index in [0.717, 1.165) is 78.2 Å². The minimum absolute atomic E-state index is 0.0142. The van der Waals surface area contributed by atoms with Crippen LogP contribution in [0.15, 0.2) is 0 Å². The summed E-state index contributed by atoms with van der Waals surface area (Å²) in [6, 6.07) is 0. The van der Waals surface area contributed by atoms with Crippen LogP contribution in [0.25, 0.3) is 0 Å². The van der Waals surface area contributed by atoms with E-state index in [1.54, 1.807) is 0 Å². The molecule has 1 saturated carbocycles. The Labute approximate surface area is 640 Å². The predicted octanol–water partition coefficient (Wildman–Crippen LogP) is 27.1. The van der Waals surface area contributed by atoms with E-state index >= 15 is 14.4 Å². The minimum atomic E-state index is -0.871. The average molecular weight is 1440 g/mol. The van der Waals surface area contributed by atoms with Crippen LogP contribution in [0.5, 0.6) is 0 Å². The van der Waals surface area contributed by atoms with Crippen LogP contribution in [0.2, 0.25) is 0 Å². The average Bonchev–Trinajstić information content (AvgIpc) is 0.744. The SMILES string of the molecule is CCCCCCCCCCCCN(CCCCCCCCCCCC)CCCNC(=O)C1(C)CC(C)(C(=O)NCCCN(CCCCCCCCCCCC)CCCCCCCCCCCC)CC(C)(C(=O)NCCCN(CCCCCCCCCCCC)CCCCCCCCCCCC)C1. The van der Waals surface area contributed by atoms with Crippen LogP contribution in [-0.2, 0) is 14.4 Å². The highest BCUT2D eigenvalue weighted by molar-refractivity contribution is 5.90. The van der Waals surface area contributed by atoms with Crippen LogP contribution >= 0.6 is 0 Å². The lowest BCUT2D eigenvalue weighted by Gasteiger charge is -2.50. The van der Waals surface area contributed by atoms with E-state index in [0.29, 0.717) is 38.9 Å². The van der Waals surface area contributed by atoms with E-state index in [-0.39, 0.29) is 17.7 Å². The van der Waals surface area contributed by atoms with Gasteiger partial charge >= 0.3 is 0 Å². The Kier molecular flexibility index (Phi) is 69.5. The molecule has 102 heavy (non-hydrogen) atoms. The van der Waals surface area contributed by atoms with Gasteiger partial charge in [-0.15, -0.1) is 0 Å². The summed E-state index contributed by atoms with van der Waals surface area (Å²) in [6.45, 7) is 31.8. The van der Waals surface area contributed by atoms with Crippen molar-refractivity contribution in [1.29, 1.82) is 0 Å². The van der Waals surface area contributed by atoms with Crippen LogP contribution in [-0.4, -0.2) is 111 Å². The summed E-state index contributed by atoms with van der Waals surface area (Å²) in [7, 11) is 0. The quantitative estimate of drug-likeness (QED) is 0.0525. The molecule has 1 aliphatic carbocycles. The molecule has 0 spiro atoms. The van der Waals surface area contributed by atoms with E-state index in [1.807, 2.05) is 0 Å². The highest BCUT2D eigenvalue weighted by Gasteiger charge is 2.57. The molecule has 0 aromatic carbocycles. The molecule has 1 rings (SSSR count). The lowest BCUT2D eigenvalue weighted by Crippen LogP contribution is -2.58. The van der Waals surface area contributed by atoms with Gasteiger partial charge in [0, 0.05) is 35.9 Å². The van der Waals surface area contributed by atoms with Gasteiger partial charge in [0.05, 0.1) is 0 Å². The molecule has 0 unspecified atom stereocenters. The van der Waals surface area contributed by atoms with Gasteiger partial charge in [0.25, 0.3) is 0 Å². The molecule has 1 aliphatic rings. The number of nitrogens with one attached hydrogen (secondary N) is 3. The van der Waals surface area contributed by atoms with E-state index in [1.165, 1.54) is 385 Å². The molecule has 0 radical (unpaired) electrons. The van der Waals surface area contributed by atoms with Crippen molar-refractivity contribution in [3.63, 3.8) is 0 Å². The summed E-state index contributed by atoms with van der Waals surface area (Å²) in [6.07, 6.45) is 85.4. The van der Waals surface area contributed by atoms with Crippen LogP contribution in [0.3, 0.4) is 0 Å². The van der Waals surface area contributed by atoms with Crippen LogP contribution in [0, 0.1) is 16.2 Å². The van der Waals surface area contributed by atoms with Crippen molar-refractivity contribution in [1.82, 2.24) is 30.7 Å². The van der Waals surface area contributed by atoms with Gasteiger partial charge in [0.1, 0.15) is 0 Å². The first-order chi connectivity index (χ1) is 49.9. The van der Waals surface area contributed by atoms with Gasteiger partial charge in [-0.05, 0) is 136 Å². The zero-order valence-electron chi connectivity index (χ0n) is 71.2. The normalized spacial score (nSPS) is 17.1. The molecule has 9 heteroatoms. The molecule has 3 N–H and O–H groups in total. The molecule has 0 bridgehead atoms. The second-order valence-electron chi connectivity index (χ2n) is 34.7. The summed E-state index contributed by atoms with van der Waals surface area (Å²) < 4.78 is 0. The molecule has 0 saturated heterocycles. The van der Waals surface area contributed by atoms with Crippen molar-refractivity contribution >= 4 is 17.7 Å². The van der Waals surface area contributed by atoms with Crippen molar-refractivity contribution < 1.29 is 14.4 Å². The Morgan fingerprint density at radius 2 is 0.314 bits per heavy atom. The molecular weight excluding hydrogens is 1250 g/mol. The summed E-state index contributed by atoms with van der Waals surface area (Å²) in [4.78, 5) is 53.2. The fourth-order valence-corrected chi connectivity index (χ4v) is 17.3. The van der Waals surface area contributed by atoms with Gasteiger partial charge in [0.15, 0.2) is 0 Å². The van der Waals surface area contributed by atoms with Gasteiger partial charge < -0.3 is 30.7 Å². The maximum Gasteiger partial charge on any atom is 0.226 e. The van der Waals surface area contributed by atoms with Crippen LogP contribution in [0.1, 0.15) is 486 Å². The zero-order chi connectivity index (χ0) is 74.2. The number of hydrogen-bond acceptors (Lipinski definition) is 6. The van der Waals surface area contributed by atoms with E-state index in [9.17, 15) is 0 Å². The smallest absolute Gasteiger partial charge is 0.226 e. The molecule has 1 fully saturated rings. The van der Waals surface area contributed by atoms with Crippen LogP contribution in [0.4, 0.5) is 0 Å². The first-order valence-corrected chi connectivity index (χ1v) is 46.9. The molecule has 0 aliphatic heterocycles. The van der Waals surface area contributed by atoms with Crippen molar-refractivity contribution in [2.24, 2.45) is 16.2 Å². The summed E-state index contributed by atoms with van der Waals surface area (Å²) in [5.74, 6) is 0.0427. The monoisotopic (exact) mass is 1440 g/mol. The second-order valence-corrected chi connectivity index (χ2v) is 34.7. The van der Waals surface area contributed by atoms with Gasteiger partial charge in [0.2, 0.25) is 17.7 Å². The number of rotatable bonds is 81. The molecule has 0 aromatic heterocycles. The van der Waals surface area contributed by atoms with Gasteiger partial charge in [-0.2, -0.15) is 0 Å². The Morgan fingerprint density at radius 3 is 0.451 bits per heavy atom. The zero-order valence-corrected chi connectivity index (χ0v) is 71.2. The Bertz CT molecular complexity index is 1510. The predicted molar refractivity (Wildman–Crippen MR) is 451 cm³/mol. The number of carbonyl (C=O) groups is 3. The van der Waals surface area contributed by atoms with Crippen molar-refractivity contribution in [3.8, 4) is 0 Å². The molecule has 0 heterocycles. The minimum Gasteiger partial charge on any atom is -0.356 e. The fraction of sp³-hybridized carbons (Fsp3) is 0.968. The summed E-state index contributed by atoms with van der Waals surface area (Å²) in [5, 5.41) is 10.4. The Morgan fingerprint density at radius 1 is 0.196 bits per heavy atom. The third-order valence-corrected chi connectivity index (χ3v) is 23.8. The fourth-order valence-electron chi connectivity index (χ4n) is 17.3. The van der Waals surface area contributed by atoms with Gasteiger partial charge in [-0.3, -0.25) is 14.4 Å². The molecule has 0 atom stereocenters. The molecule has 3 amide bonds. The first kappa shape index (κ1) is 98.3. The van der Waals surface area contributed by atoms with E-state index < -0.39 is 16.2 Å². The topological polar surface area (TPSA) is 97.0 Å². The lowest BCUT2D eigenvalue weighted by atomic mass is 9.53. The highest BCUT2D eigenvalue weighted by Crippen LogP contribution is 2.55. The highest BCUT2D eigenvalue weighted by atomic mass is 16.2. The van der Waals surface area contributed by atoms with Crippen molar-refractivity contribution in [3.05, 3.63) is 0 Å². The Balaban J connectivity index is 3.27. The molecular formula is C93H186N6O3. The summed E-state index contributed by atoms with van der Waals surface area (Å²) >= 11 is 0. The van der Waals surface area contributed by atoms with E-state index in [4.69, 9.17) is 0 Å². The third-order valence-electron chi connectivity index (χ3n) is 23.8. The number of carbonyl (C=O) groups excluding carboxylic acids is 3. The van der Waals surface area contributed by atoms with Crippen molar-refractivity contribution in [2.75, 3.05) is 78.5 Å². The lowest BCUT2D eigenvalue weighted by molar-refractivity contribution is -0.154. The molecule has 606 valence electrons. The maximum atomic E-state index is 15.0. The van der Waals surface area contributed by atoms with Crippen LogP contribution < -0.4 is 16.0 Å². The number of amides is 3. The van der Waals surface area contributed by atoms with E-state index in [2.05, 4.69) is 93.0 Å². The van der Waals surface area contributed by atoms with Gasteiger partial charge in [-0.25, -0.2) is 0 Å². The number of nitrogens with zero attached hydrogens (tertiary/aromatic N) is 3. The van der Waals surface area contributed by atoms with Gasteiger partial charge in [-0.1, -0.05) is 409 Å². The third kappa shape index (κ3) is 57.4. The number of unbranched alkanes of at least 4 members (excludes halogenated alkanes) is 54. The molecule has 0 aromatic rings. The standard InChI is InChI=1S/C93H186N6O3/c1-10-16-22-28-34-40-46-52-58-64-76-97(77-65-59-53-47-41-35-29-23-17-11-2)82-70-73-94-88(100)91(7)85-92(8,89(101)95-74-71-83-98(78-66-60-54-48-42-36-30-24-18-12-3)79-67-61-55-49-43-37-31-25-19-13-4)87-93(9,86-91)90(102)96-75-72-84-99(80-68-62-56-50-44-38-32-26-20-14-5)81-69-63-57-51-45-39-33-27-21-15-6/h10-87H2,1-9H3,(H,94,100)(H,95,101)(H,96,102). The second kappa shape index (κ2) is 72.2. The number of hydrogen-bond donors (Lipinski definition) is 3. The first-order valence-electron chi connectivity index (χ1n) is 46.9. The molecule has 9 nitrogen and oxygen atoms in total. The Hall–Kier alpha value is -1.71. The largest absolute Gasteiger partial charge is 0.356 e. The summed E-state index contributed by atoms with van der Waals surface area (Å²) in [5.41, 5.74) is -2.61.